The fourth-order valence-corrected chi connectivity index (χ4v) is 2.29. The van der Waals surface area contributed by atoms with E-state index in [9.17, 15) is 4.79 Å². The average Bonchev–Trinajstić information content (AvgIpc) is 2.71. The molecule has 5 nitrogen and oxygen atoms in total. The van der Waals surface area contributed by atoms with E-state index in [1.54, 1.807) is 0 Å². The zero-order valence-corrected chi connectivity index (χ0v) is 11.6. The van der Waals surface area contributed by atoms with Crippen LogP contribution in [0, 0.1) is 6.92 Å². The van der Waals surface area contributed by atoms with Crippen molar-refractivity contribution in [3.8, 4) is 0 Å². The Labute approximate surface area is 115 Å². The van der Waals surface area contributed by atoms with Gasteiger partial charge in [-0.25, -0.2) is 0 Å². The summed E-state index contributed by atoms with van der Waals surface area (Å²) in [6.07, 6.45) is 0.692. The van der Waals surface area contributed by atoms with Crippen LogP contribution in [-0.4, -0.2) is 31.6 Å². The molecule has 0 aliphatic carbocycles. The summed E-state index contributed by atoms with van der Waals surface area (Å²) >= 11 is 1.18. The predicted molar refractivity (Wildman–Crippen MR) is 73.3 cm³/mol. The normalized spacial score (nSPS) is 10.6. The highest BCUT2D eigenvalue weighted by molar-refractivity contribution is 7.99. The van der Waals surface area contributed by atoms with E-state index in [2.05, 4.69) is 34.5 Å². The van der Waals surface area contributed by atoms with E-state index in [0.29, 0.717) is 11.6 Å². The van der Waals surface area contributed by atoms with Crippen LogP contribution >= 0.6 is 11.8 Å². The summed E-state index contributed by atoms with van der Waals surface area (Å²) in [6, 6.07) is 8.25. The third-order valence-corrected chi connectivity index (χ3v) is 3.74. The van der Waals surface area contributed by atoms with E-state index in [0.717, 1.165) is 11.4 Å². The summed E-state index contributed by atoms with van der Waals surface area (Å²) in [5.41, 5.74) is 2.38. The van der Waals surface area contributed by atoms with Gasteiger partial charge in [0.2, 0.25) is 0 Å². The van der Waals surface area contributed by atoms with Gasteiger partial charge in [0.1, 0.15) is 5.82 Å². The number of rotatable bonds is 5. The lowest BCUT2D eigenvalue weighted by molar-refractivity contribution is -0.133. The largest absolute Gasteiger partial charge is 0.481 e. The van der Waals surface area contributed by atoms with Crippen molar-refractivity contribution in [2.45, 2.75) is 18.5 Å². The first-order valence-corrected chi connectivity index (χ1v) is 6.83. The van der Waals surface area contributed by atoms with Crippen LogP contribution in [0.1, 0.15) is 17.0 Å². The lowest BCUT2D eigenvalue weighted by Gasteiger charge is -2.03. The molecule has 0 saturated carbocycles. The number of aromatic nitrogens is 3. The van der Waals surface area contributed by atoms with E-state index in [1.165, 1.54) is 17.3 Å². The Bertz CT molecular complexity index is 578. The number of benzene rings is 1. The van der Waals surface area contributed by atoms with Crippen molar-refractivity contribution >= 4 is 17.7 Å². The van der Waals surface area contributed by atoms with Crippen molar-refractivity contribution < 1.29 is 9.90 Å². The number of nitrogens with zero attached hydrogens (tertiary/aromatic N) is 3. The second kappa shape index (κ2) is 5.88. The third-order valence-electron chi connectivity index (χ3n) is 2.73. The molecule has 0 saturated heterocycles. The minimum atomic E-state index is -0.854. The zero-order valence-electron chi connectivity index (χ0n) is 10.8. The molecule has 0 atom stereocenters. The van der Waals surface area contributed by atoms with E-state index >= 15 is 0 Å². The molecule has 19 heavy (non-hydrogen) atoms. The van der Waals surface area contributed by atoms with Gasteiger partial charge in [0, 0.05) is 13.5 Å². The maximum atomic E-state index is 10.5. The van der Waals surface area contributed by atoms with E-state index < -0.39 is 5.97 Å². The van der Waals surface area contributed by atoms with Crippen molar-refractivity contribution in [1.82, 2.24) is 14.8 Å². The highest BCUT2D eigenvalue weighted by Crippen LogP contribution is 2.17. The van der Waals surface area contributed by atoms with Crippen LogP contribution in [0.4, 0.5) is 0 Å². The summed E-state index contributed by atoms with van der Waals surface area (Å²) in [5.74, 6) is -0.0268. The second-order valence-corrected chi connectivity index (χ2v) is 5.25. The van der Waals surface area contributed by atoms with E-state index in [4.69, 9.17) is 5.11 Å². The van der Waals surface area contributed by atoms with Gasteiger partial charge in [0.05, 0.1) is 5.75 Å². The minimum absolute atomic E-state index is 0.00347. The molecule has 0 aliphatic rings. The topological polar surface area (TPSA) is 68.0 Å². The third kappa shape index (κ3) is 3.57. The quantitative estimate of drug-likeness (QED) is 0.845. The molecule has 0 radical (unpaired) electrons. The van der Waals surface area contributed by atoms with Gasteiger partial charge in [-0.2, -0.15) is 0 Å². The summed E-state index contributed by atoms with van der Waals surface area (Å²) in [5, 5.41) is 17.4. The minimum Gasteiger partial charge on any atom is -0.481 e. The molecule has 0 amide bonds. The first-order chi connectivity index (χ1) is 9.06. The number of carboxylic acids is 1. The first-order valence-electron chi connectivity index (χ1n) is 5.84. The zero-order chi connectivity index (χ0) is 13.8. The summed E-state index contributed by atoms with van der Waals surface area (Å²) in [4.78, 5) is 10.5. The van der Waals surface area contributed by atoms with Crippen molar-refractivity contribution in [3.05, 3.63) is 41.2 Å². The van der Waals surface area contributed by atoms with Crippen LogP contribution in [0.5, 0.6) is 0 Å². The summed E-state index contributed by atoms with van der Waals surface area (Å²) in [7, 11) is 1.85. The van der Waals surface area contributed by atoms with Crippen LogP contribution in [0.15, 0.2) is 29.4 Å². The molecular weight excluding hydrogens is 262 g/mol. The average molecular weight is 277 g/mol. The number of carboxylic acid groups (broad SMARTS) is 1. The smallest absolute Gasteiger partial charge is 0.313 e. The van der Waals surface area contributed by atoms with Crippen LogP contribution < -0.4 is 0 Å². The van der Waals surface area contributed by atoms with E-state index in [-0.39, 0.29) is 5.75 Å². The van der Waals surface area contributed by atoms with Gasteiger partial charge in [0.25, 0.3) is 0 Å². The number of thioether (sulfide) groups is 1. The van der Waals surface area contributed by atoms with Crippen molar-refractivity contribution in [3.63, 3.8) is 0 Å². The second-order valence-electron chi connectivity index (χ2n) is 4.30. The molecule has 6 heteroatoms. The van der Waals surface area contributed by atoms with Gasteiger partial charge >= 0.3 is 5.97 Å². The Kier molecular flexibility index (Phi) is 4.21. The van der Waals surface area contributed by atoms with Crippen molar-refractivity contribution in [2.75, 3.05) is 5.75 Å². The Balaban J connectivity index is 2.09. The fourth-order valence-electron chi connectivity index (χ4n) is 1.64. The molecular formula is C13H15N3O2S. The molecule has 2 rings (SSSR count). The molecule has 1 aromatic heterocycles. The number of carbonyl (C=O) groups is 1. The van der Waals surface area contributed by atoms with Crippen LogP contribution in [-0.2, 0) is 18.3 Å². The molecule has 0 fully saturated rings. The highest BCUT2D eigenvalue weighted by Gasteiger charge is 2.11. The molecule has 1 N–H and O–H groups in total. The fraction of sp³-hybridized carbons (Fsp3) is 0.308. The van der Waals surface area contributed by atoms with Crippen LogP contribution in [0.2, 0.25) is 0 Å². The number of hydrogen-bond acceptors (Lipinski definition) is 4. The molecule has 0 unspecified atom stereocenters. The Morgan fingerprint density at radius 2 is 2.00 bits per heavy atom. The Morgan fingerprint density at radius 1 is 1.32 bits per heavy atom. The molecule has 0 bridgehead atoms. The molecule has 1 aromatic carbocycles. The van der Waals surface area contributed by atoms with Crippen LogP contribution in [0.25, 0.3) is 0 Å². The summed E-state index contributed by atoms with van der Waals surface area (Å²) < 4.78 is 1.84. The van der Waals surface area contributed by atoms with Gasteiger partial charge in [-0.1, -0.05) is 41.6 Å². The van der Waals surface area contributed by atoms with Crippen molar-refractivity contribution in [1.29, 1.82) is 0 Å². The van der Waals surface area contributed by atoms with Gasteiger partial charge in [-0.15, -0.1) is 10.2 Å². The molecule has 1 heterocycles. The molecule has 0 spiro atoms. The lowest BCUT2D eigenvalue weighted by atomic mass is 10.1. The number of hydrogen-bond donors (Lipinski definition) is 1. The van der Waals surface area contributed by atoms with Crippen molar-refractivity contribution in [2.24, 2.45) is 7.05 Å². The summed E-state index contributed by atoms with van der Waals surface area (Å²) in [6.45, 7) is 2.05. The lowest BCUT2D eigenvalue weighted by Crippen LogP contribution is -2.03. The molecule has 100 valence electrons. The van der Waals surface area contributed by atoms with Gasteiger partial charge < -0.3 is 9.67 Å². The highest BCUT2D eigenvalue weighted by atomic mass is 32.2. The van der Waals surface area contributed by atoms with Gasteiger partial charge in [-0.3, -0.25) is 4.79 Å². The van der Waals surface area contributed by atoms with Gasteiger partial charge in [0.15, 0.2) is 5.16 Å². The number of aliphatic carboxylic acids is 1. The van der Waals surface area contributed by atoms with E-state index in [1.807, 2.05) is 18.5 Å². The predicted octanol–water partition coefficient (Wildman–Crippen LogP) is 1.89. The molecule has 2 aromatic rings. The first kappa shape index (κ1) is 13.6. The standard InChI is InChI=1S/C13H15N3O2S/c1-9-3-5-10(6-4-9)7-11-14-15-13(16(11)2)19-8-12(17)18/h3-6H,7-8H2,1-2H3,(H,17,18). The maximum Gasteiger partial charge on any atom is 0.313 e. The number of aryl methyl sites for hydroxylation is 1. The monoisotopic (exact) mass is 277 g/mol. The SMILES string of the molecule is Cc1ccc(Cc2nnc(SCC(=O)O)n2C)cc1. The Hall–Kier alpha value is -1.82. The molecule has 0 aliphatic heterocycles. The maximum absolute atomic E-state index is 10.5. The van der Waals surface area contributed by atoms with Gasteiger partial charge in [-0.05, 0) is 12.5 Å². The van der Waals surface area contributed by atoms with Crippen LogP contribution in [0.3, 0.4) is 0 Å². The Morgan fingerprint density at radius 3 is 2.63 bits per heavy atom.